The lowest BCUT2D eigenvalue weighted by Crippen LogP contribution is -2.40. The first-order valence-electron chi connectivity index (χ1n) is 11.6. The van der Waals surface area contributed by atoms with Crippen LogP contribution in [0.1, 0.15) is 29.7 Å². The summed E-state index contributed by atoms with van der Waals surface area (Å²) >= 11 is 6.31. The highest BCUT2D eigenvalue weighted by Crippen LogP contribution is 2.33. The molecule has 2 aliphatic rings. The molecule has 0 atom stereocenters. The molecule has 0 bridgehead atoms. The minimum atomic E-state index is 0.0526. The molecule has 1 aromatic carbocycles. The van der Waals surface area contributed by atoms with Gasteiger partial charge in [-0.25, -0.2) is 0 Å². The van der Waals surface area contributed by atoms with Crippen LogP contribution in [0.2, 0.25) is 5.02 Å². The molecule has 0 saturated heterocycles. The van der Waals surface area contributed by atoms with Crippen molar-refractivity contribution in [2.75, 3.05) is 52.1 Å². The number of carbonyl (C=O) groups is 1. The van der Waals surface area contributed by atoms with E-state index in [9.17, 15) is 4.79 Å². The quantitative estimate of drug-likeness (QED) is 0.594. The molecule has 7 heteroatoms. The van der Waals surface area contributed by atoms with E-state index in [1.165, 1.54) is 30.5 Å². The summed E-state index contributed by atoms with van der Waals surface area (Å²) in [6, 6.07) is 10.1. The van der Waals surface area contributed by atoms with Gasteiger partial charge >= 0.3 is 0 Å². The fourth-order valence-electron chi connectivity index (χ4n) is 4.23. The van der Waals surface area contributed by atoms with Crippen molar-refractivity contribution in [2.45, 2.75) is 32.4 Å². The Morgan fingerprint density at radius 3 is 2.81 bits per heavy atom. The molecule has 32 heavy (non-hydrogen) atoms. The van der Waals surface area contributed by atoms with Gasteiger partial charge in [-0.1, -0.05) is 23.7 Å². The zero-order valence-electron chi connectivity index (χ0n) is 19.2. The fourth-order valence-corrected chi connectivity index (χ4v) is 4.42. The number of pyridine rings is 1. The highest BCUT2D eigenvalue weighted by Gasteiger charge is 2.27. The van der Waals surface area contributed by atoms with Gasteiger partial charge in [0.1, 0.15) is 0 Å². The van der Waals surface area contributed by atoms with E-state index >= 15 is 0 Å². The van der Waals surface area contributed by atoms with Crippen LogP contribution >= 0.6 is 11.6 Å². The molecule has 1 fully saturated rings. The Morgan fingerprint density at radius 1 is 1.22 bits per heavy atom. The lowest BCUT2D eigenvalue weighted by atomic mass is 9.97. The van der Waals surface area contributed by atoms with Crippen LogP contribution in [0.4, 0.5) is 5.69 Å². The van der Waals surface area contributed by atoms with Crippen LogP contribution in [0.25, 0.3) is 0 Å². The highest BCUT2D eigenvalue weighted by atomic mass is 35.5. The van der Waals surface area contributed by atoms with Gasteiger partial charge < -0.3 is 15.1 Å². The summed E-state index contributed by atoms with van der Waals surface area (Å²) in [6.07, 6.45) is 5.55. The Labute approximate surface area is 196 Å². The van der Waals surface area contributed by atoms with Gasteiger partial charge in [0, 0.05) is 44.6 Å². The van der Waals surface area contributed by atoms with Crippen LogP contribution in [0.15, 0.2) is 36.5 Å². The van der Waals surface area contributed by atoms with Crippen LogP contribution in [0.3, 0.4) is 0 Å². The number of hydrogen-bond acceptors (Lipinski definition) is 5. The molecule has 2 aromatic rings. The molecule has 1 amide bonds. The molecular weight excluding hydrogens is 422 g/mol. The number of benzene rings is 1. The van der Waals surface area contributed by atoms with E-state index < -0.39 is 0 Å². The van der Waals surface area contributed by atoms with Gasteiger partial charge in [0.2, 0.25) is 5.91 Å². The van der Waals surface area contributed by atoms with Gasteiger partial charge in [0.15, 0.2) is 0 Å². The average molecular weight is 456 g/mol. The summed E-state index contributed by atoms with van der Waals surface area (Å²) in [5.41, 5.74) is 4.56. The summed E-state index contributed by atoms with van der Waals surface area (Å²) in [6.45, 7) is 5.39. The number of carbonyl (C=O) groups excluding carboxylic acids is 1. The molecule has 0 spiro atoms. The zero-order chi connectivity index (χ0) is 22.5. The van der Waals surface area contributed by atoms with E-state index in [0.717, 1.165) is 43.4 Å². The maximum atomic E-state index is 13.2. The molecule has 0 unspecified atom stereocenters. The van der Waals surface area contributed by atoms with Crippen molar-refractivity contribution in [2.24, 2.45) is 5.92 Å². The van der Waals surface area contributed by atoms with Crippen molar-refractivity contribution >= 4 is 23.2 Å². The monoisotopic (exact) mass is 455 g/mol. The Bertz CT molecular complexity index is 930. The Balaban J connectivity index is 1.42. The molecule has 2 heterocycles. The third-order valence-electron chi connectivity index (χ3n) is 6.34. The number of amides is 1. The predicted molar refractivity (Wildman–Crippen MR) is 130 cm³/mol. The van der Waals surface area contributed by atoms with Gasteiger partial charge in [-0.15, -0.1) is 0 Å². The summed E-state index contributed by atoms with van der Waals surface area (Å²) in [5, 5.41) is 4.04. The first-order valence-corrected chi connectivity index (χ1v) is 12.0. The number of anilines is 1. The molecular formula is C25H34ClN5O. The highest BCUT2D eigenvalue weighted by molar-refractivity contribution is 6.31. The van der Waals surface area contributed by atoms with Crippen molar-refractivity contribution in [3.63, 3.8) is 0 Å². The number of likely N-dealkylation sites (N-methyl/N-ethyl adjacent to an activating group) is 1. The standard InChI is InChI=1S/C25H34ClN5O/c1-29(2)13-14-31(18-24-22(26)6-4-11-27-24)25(32)15-28-23-7-3-5-20-10-12-30(17-21(20)23)16-19-8-9-19/h3-7,11,19,28H,8-10,12-18H2,1-2H3. The molecule has 1 aliphatic carbocycles. The molecule has 0 radical (unpaired) electrons. The largest absolute Gasteiger partial charge is 0.376 e. The molecule has 1 aromatic heterocycles. The predicted octanol–water partition coefficient (Wildman–Crippen LogP) is 3.51. The molecule has 1 saturated carbocycles. The number of nitrogens with one attached hydrogen (secondary N) is 1. The molecule has 1 N–H and O–H groups in total. The maximum absolute atomic E-state index is 13.2. The third-order valence-corrected chi connectivity index (χ3v) is 6.68. The van der Waals surface area contributed by atoms with Gasteiger partial charge in [-0.05, 0) is 68.6 Å². The number of halogens is 1. The van der Waals surface area contributed by atoms with Gasteiger partial charge in [0.25, 0.3) is 0 Å². The summed E-state index contributed by atoms with van der Waals surface area (Å²) in [5.74, 6) is 0.943. The van der Waals surface area contributed by atoms with Crippen LogP contribution < -0.4 is 5.32 Å². The topological polar surface area (TPSA) is 51.7 Å². The van der Waals surface area contributed by atoms with E-state index in [1.54, 1.807) is 6.20 Å². The van der Waals surface area contributed by atoms with Gasteiger partial charge in [-0.2, -0.15) is 0 Å². The van der Waals surface area contributed by atoms with E-state index in [0.29, 0.717) is 18.1 Å². The maximum Gasteiger partial charge on any atom is 0.242 e. The molecule has 172 valence electrons. The SMILES string of the molecule is CN(C)CCN(Cc1ncccc1Cl)C(=O)CNc1cccc2c1CN(CC1CC1)CC2. The van der Waals surface area contributed by atoms with E-state index in [2.05, 4.69) is 38.3 Å². The Hall–Kier alpha value is -2.15. The first-order chi connectivity index (χ1) is 15.5. The fraction of sp³-hybridized carbons (Fsp3) is 0.520. The molecule has 6 nitrogen and oxygen atoms in total. The second-order valence-electron chi connectivity index (χ2n) is 9.28. The molecule has 1 aliphatic heterocycles. The van der Waals surface area contributed by atoms with E-state index in [-0.39, 0.29) is 12.5 Å². The van der Waals surface area contributed by atoms with E-state index in [1.807, 2.05) is 31.1 Å². The number of rotatable bonds is 10. The van der Waals surface area contributed by atoms with Gasteiger partial charge in [0.05, 0.1) is 23.8 Å². The smallest absolute Gasteiger partial charge is 0.242 e. The Kier molecular flexibility index (Phi) is 7.66. The van der Waals surface area contributed by atoms with Gasteiger partial charge in [-0.3, -0.25) is 14.7 Å². The summed E-state index contributed by atoms with van der Waals surface area (Å²) < 4.78 is 0. The van der Waals surface area contributed by atoms with Crippen molar-refractivity contribution in [3.05, 3.63) is 58.4 Å². The molecule has 4 rings (SSSR count). The van der Waals surface area contributed by atoms with Crippen molar-refractivity contribution in [1.82, 2.24) is 19.7 Å². The van der Waals surface area contributed by atoms with Crippen molar-refractivity contribution in [3.8, 4) is 0 Å². The lowest BCUT2D eigenvalue weighted by Gasteiger charge is -2.31. The number of aromatic nitrogens is 1. The van der Waals surface area contributed by atoms with Crippen molar-refractivity contribution in [1.29, 1.82) is 0 Å². The minimum absolute atomic E-state index is 0.0526. The second-order valence-corrected chi connectivity index (χ2v) is 9.68. The summed E-state index contributed by atoms with van der Waals surface area (Å²) in [7, 11) is 4.02. The number of fused-ring (bicyclic) bond motifs is 1. The lowest BCUT2D eigenvalue weighted by molar-refractivity contribution is -0.130. The van der Waals surface area contributed by atoms with Crippen LogP contribution in [0.5, 0.6) is 0 Å². The Morgan fingerprint density at radius 2 is 2.06 bits per heavy atom. The minimum Gasteiger partial charge on any atom is -0.376 e. The van der Waals surface area contributed by atoms with Crippen LogP contribution in [-0.4, -0.2) is 72.4 Å². The first kappa shape index (κ1) is 23.0. The number of nitrogens with zero attached hydrogens (tertiary/aromatic N) is 4. The van der Waals surface area contributed by atoms with Crippen molar-refractivity contribution < 1.29 is 4.79 Å². The third kappa shape index (κ3) is 6.21. The number of hydrogen-bond donors (Lipinski definition) is 1. The van der Waals surface area contributed by atoms with Crippen LogP contribution in [-0.2, 0) is 24.3 Å². The zero-order valence-corrected chi connectivity index (χ0v) is 19.9. The average Bonchev–Trinajstić information content (AvgIpc) is 3.60. The normalized spacial score (nSPS) is 16.1. The van der Waals surface area contributed by atoms with E-state index in [4.69, 9.17) is 11.6 Å². The summed E-state index contributed by atoms with van der Waals surface area (Å²) in [4.78, 5) is 24.1. The second kappa shape index (κ2) is 10.6. The van der Waals surface area contributed by atoms with Crippen LogP contribution in [0, 0.1) is 5.92 Å².